The van der Waals surface area contributed by atoms with E-state index in [1.807, 2.05) is 0 Å². The Morgan fingerprint density at radius 3 is 2.47 bits per heavy atom. The van der Waals surface area contributed by atoms with E-state index in [2.05, 4.69) is 11.1 Å². The molecule has 0 radical (unpaired) electrons. The van der Waals surface area contributed by atoms with Crippen LogP contribution in [0.1, 0.15) is 32.6 Å². The SMILES string of the molecule is CCC1CC(OCCCOS(C)(=O)=O)C1. The Hall–Kier alpha value is -0.130. The predicted octanol–water partition coefficient (Wildman–Crippen LogP) is 1.56. The van der Waals surface area contributed by atoms with Gasteiger partial charge in [0.05, 0.1) is 19.0 Å². The summed E-state index contributed by atoms with van der Waals surface area (Å²) in [5, 5.41) is 0. The summed E-state index contributed by atoms with van der Waals surface area (Å²) in [5.74, 6) is 0.835. The second kappa shape index (κ2) is 5.82. The van der Waals surface area contributed by atoms with Gasteiger partial charge >= 0.3 is 0 Å². The van der Waals surface area contributed by atoms with Crippen LogP contribution in [-0.2, 0) is 19.0 Å². The molecule has 1 saturated carbocycles. The average molecular weight is 236 g/mol. The quantitative estimate of drug-likeness (QED) is 0.497. The maximum atomic E-state index is 10.6. The zero-order valence-corrected chi connectivity index (χ0v) is 10.3. The topological polar surface area (TPSA) is 52.6 Å². The Labute approximate surface area is 92.1 Å². The van der Waals surface area contributed by atoms with Gasteiger partial charge in [0, 0.05) is 6.61 Å². The molecular formula is C10H20O4S. The van der Waals surface area contributed by atoms with Crippen LogP contribution in [0, 0.1) is 5.92 Å². The largest absolute Gasteiger partial charge is 0.378 e. The predicted molar refractivity (Wildman–Crippen MR) is 58.2 cm³/mol. The lowest BCUT2D eigenvalue weighted by atomic mass is 9.80. The van der Waals surface area contributed by atoms with Gasteiger partial charge < -0.3 is 4.74 Å². The van der Waals surface area contributed by atoms with Gasteiger partial charge in [-0.1, -0.05) is 13.3 Å². The van der Waals surface area contributed by atoms with Crippen LogP contribution in [0.5, 0.6) is 0 Å². The normalized spacial score (nSPS) is 26.3. The van der Waals surface area contributed by atoms with Crippen LogP contribution in [0.25, 0.3) is 0 Å². The first-order valence-corrected chi connectivity index (χ1v) is 7.29. The second-order valence-electron chi connectivity index (χ2n) is 4.12. The molecule has 0 aromatic carbocycles. The Morgan fingerprint density at radius 2 is 1.93 bits per heavy atom. The summed E-state index contributed by atoms with van der Waals surface area (Å²) < 4.78 is 31.4. The Morgan fingerprint density at radius 1 is 1.27 bits per heavy atom. The molecule has 0 unspecified atom stereocenters. The number of hydrogen-bond acceptors (Lipinski definition) is 4. The third-order valence-corrected chi connectivity index (χ3v) is 3.30. The highest BCUT2D eigenvalue weighted by molar-refractivity contribution is 7.85. The van der Waals surface area contributed by atoms with Crippen molar-refractivity contribution in [1.29, 1.82) is 0 Å². The van der Waals surface area contributed by atoms with Crippen molar-refractivity contribution in [2.24, 2.45) is 5.92 Å². The van der Waals surface area contributed by atoms with Crippen LogP contribution in [0.2, 0.25) is 0 Å². The van der Waals surface area contributed by atoms with Crippen molar-refractivity contribution in [2.75, 3.05) is 19.5 Å². The van der Waals surface area contributed by atoms with Crippen LogP contribution < -0.4 is 0 Å². The van der Waals surface area contributed by atoms with E-state index >= 15 is 0 Å². The van der Waals surface area contributed by atoms with E-state index in [9.17, 15) is 8.42 Å². The van der Waals surface area contributed by atoms with Crippen molar-refractivity contribution in [3.8, 4) is 0 Å². The highest BCUT2D eigenvalue weighted by atomic mass is 32.2. The molecule has 1 aliphatic carbocycles. The van der Waals surface area contributed by atoms with Crippen LogP contribution in [0.3, 0.4) is 0 Å². The minimum atomic E-state index is -3.28. The summed E-state index contributed by atoms with van der Waals surface area (Å²) in [6.45, 7) is 3.01. The third kappa shape index (κ3) is 5.49. The molecule has 0 aromatic heterocycles. The molecule has 0 saturated heterocycles. The molecule has 4 nitrogen and oxygen atoms in total. The van der Waals surface area contributed by atoms with Crippen LogP contribution in [0.4, 0.5) is 0 Å². The summed E-state index contributed by atoms with van der Waals surface area (Å²) in [4.78, 5) is 0. The molecule has 0 aromatic rings. The third-order valence-electron chi connectivity index (χ3n) is 2.71. The number of hydrogen-bond donors (Lipinski definition) is 0. The molecule has 0 bridgehead atoms. The van der Waals surface area contributed by atoms with Gasteiger partial charge in [0.25, 0.3) is 10.1 Å². The van der Waals surface area contributed by atoms with E-state index in [-0.39, 0.29) is 6.61 Å². The van der Waals surface area contributed by atoms with E-state index in [0.29, 0.717) is 19.1 Å². The standard InChI is InChI=1S/C10H20O4S/c1-3-9-7-10(8-9)13-5-4-6-14-15(2,11)12/h9-10H,3-8H2,1-2H3. The first-order chi connectivity index (χ1) is 7.01. The van der Waals surface area contributed by atoms with Crippen molar-refractivity contribution in [3.63, 3.8) is 0 Å². The molecule has 1 rings (SSSR count). The highest BCUT2D eigenvalue weighted by Crippen LogP contribution is 2.32. The maximum Gasteiger partial charge on any atom is 0.264 e. The van der Waals surface area contributed by atoms with Crippen molar-refractivity contribution >= 4 is 10.1 Å². The minimum Gasteiger partial charge on any atom is -0.378 e. The summed E-state index contributed by atoms with van der Waals surface area (Å²) in [7, 11) is -3.28. The molecule has 0 amide bonds. The van der Waals surface area contributed by atoms with E-state index in [1.165, 1.54) is 6.42 Å². The molecule has 0 atom stereocenters. The van der Waals surface area contributed by atoms with E-state index < -0.39 is 10.1 Å². The van der Waals surface area contributed by atoms with Gasteiger partial charge in [-0.15, -0.1) is 0 Å². The zero-order valence-electron chi connectivity index (χ0n) is 9.44. The van der Waals surface area contributed by atoms with Gasteiger partial charge in [0.15, 0.2) is 0 Å². The zero-order chi connectivity index (χ0) is 11.3. The Kier molecular flexibility index (Phi) is 5.02. The summed E-state index contributed by atoms with van der Waals surface area (Å²) in [6, 6.07) is 0. The van der Waals surface area contributed by atoms with Gasteiger partial charge in [0.2, 0.25) is 0 Å². The van der Waals surface area contributed by atoms with Gasteiger partial charge in [0.1, 0.15) is 0 Å². The van der Waals surface area contributed by atoms with Crippen molar-refractivity contribution in [1.82, 2.24) is 0 Å². The van der Waals surface area contributed by atoms with E-state index in [4.69, 9.17) is 4.74 Å². The molecule has 0 aliphatic heterocycles. The monoisotopic (exact) mass is 236 g/mol. The second-order valence-corrected chi connectivity index (χ2v) is 5.76. The Balaban J connectivity index is 1.91. The number of rotatable bonds is 7. The van der Waals surface area contributed by atoms with Crippen molar-refractivity contribution in [2.45, 2.75) is 38.7 Å². The van der Waals surface area contributed by atoms with Crippen LogP contribution in [-0.4, -0.2) is 34.0 Å². The van der Waals surface area contributed by atoms with E-state index in [0.717, 1.165) is 25.0 Å². The molecule has 15 heavy (non-hydrogen) atoms. The van der Waals surface area contributed by atoms with Crippen molar-refractivity contribution < 1.29 is 17.3 Å². The highest BCUT2D eigenvalue weighted by Gasteiger charge is 2.27. The summed E-state index contributed by atoms with van der Waals surface area (Å²) >= 11 is 0. The summed E-state index contributed by atoms with van der Waals surface area (Å²) in [5.41, 5.74) is 0. The van der Waals surface area contributed by atoms with Gasteiger partial charge in [-0.3, -0.25) is 4.18 Å². The number of ether oxygens (including phenoxy) is 1. The Bertz CT molecular complexity index is 267. The van der Waals surface area contributed by atoms with E-state index in [1.54, 1.807) is 0 Å². The van der Waals surface area contributed by atoms with Gasteiger partial charge in [-0.25, -0.2) is 0 Å². The molecule has 5 heteroatoms. The van der Waals surface area contributed by atoms with Crippen LogP contribution >= 0.6 is 0 Å². The molecule has 1 aliphatic rings. The lowest BCUT2D eigenvalue weighted by Crippen LogP contribution is -2.31. The lowest BCUT2D eigenvalue weighted by Gasteiger charge is -2.34. The van der Waals surface area contributed by atoms with Gasteiger partial charge in [-0.2, -0.15) is 8.42 Å². The maximum absolute atomic E-state index is 10.6. The molecule has 0 N–H and O–H groups in total. The first kappa shape index (κ1) is 12.9. The fourth-order valence-electron chi connectivity index (χ4n) is 1.66. The summed E-state index contributed by atoms with van der Waals surface area (Å²) in [6.07, 6.45) is 5.64. The lowest BCUT2D eigenvalue weighted by molar-refractivity contribution is -0.0342. The molecule has 1 fully saturated rings. The molecule has 0 spiro atoms. The minimum absolute atomic E-state index is 0.225. The molecule has 90 valence electrons. The fourth-order valence-corrected chi connectivity index (χ4v) is 2.08. The van der Waals surface area contributed by atoms with Gasteiger partial charge in [-0.05, 0) is 25.2 Å². The molecular weight excluding hydrogens is 216 g/mol. The molecule has 0 heterocycles. The first-order valence-electron chi connectivity index (χ1n) is 5.47. The van der Waals surface area contributed by atoms with Crippen LogP contribution in [0.15, 0.2) is 0 Å². The van der Waals surface area contributed by atoms with Crippen molar-refractivity contribution in [3.05, 3.63) is 0 Å². The average Bonchev–Trinajstić information content (AvgIpc) is 2.05. The smallest absolute Gasteiger partial charge is 0.264 e. The fraction of sp³-hybridized carbons (Fsp3) is 1.00.